The van der Waals surface area contributed by atoms with Gasteiger partial charge in [-0.05, 0) is 50.2 Å². The highest BCUT2D eigenvalue weighted by Crippen LogP contribution is 2.35. The molecule has 0 saturated carbocycles. The lowest BCUT2D eigenvalue weighted by atomic mass is 10.2. The number of nitrogens with zero attached hydrogens (tertiary/aromatic N) is 3. The summed E-state index contributed by atoms with van der Waals surface area (Å²) in [5, 5.41) is 8.49. The normalized spacial score (nSPS) is 12.1. The molecule has 0 amide bonds. The lowest BCUT2D eigenvalue weighted by molar-refractivity contribution is 0.102. The Labute approximate surface area is 206 Å². The number of fused-ring (bicyclic) bond motifs is 1. The number of benzene rings is 2. The number of ketones is 1. The minimum atomic E-state index is -0.0269. The molecule has 180 valence electrons. The van der Waals surface area contributed by atoms with Crippen LogP contribution >= 0.6 is 11.8 Å². The number of thioether (sulfide) groups is 1. The van der Waals surface area contributed by atoms with Crippen molar-refractivity contribution in [1.82, 2.24) is 14.8 Å². The summed E-state index contributed by atoms with van der Waals surface area (Å²) >= 11 is 1.20. The van der Waals surface area contributed by atoms with Gasteiger partial charge in [0.2, 0.25) is 12.7 Å². The van der Waals surface area contributed by atoms with Crippen LogP contribution in [0.5, 0.6) is 23.0 Å². The number of rotatable bonds is 8. The number of Topliss-reactive ketones (excluding diaryl/α,β-unsaturated/α-hetero) is 1. The van der Waals surface area contributed by atoms with Crippen LogP contribution in [-0.2, 0) is 0 Å². The van der Waals surface area contributed by atoms with Gasteiger partial charge in [0.1, 0.15) is 0 Å². The maximum atomic E-state index is 13.1. The Bertz CT molecular complexity index is 1410. The summed E-state index contributed by atoms with van der Waals surface area (Å²) in [6.45, 7) is 4.11. The fourth-order valence-electron chi connectivity index (χ4n) is 4.03. The Kier molecular flexibility index (Phi) is 6.12. The molecule has 0 aliphatic carbocycles. The van der Waals surface area contributed by atoms with Crippen LogP contribution in [0.25, 0.3) is 17.1 Å². The van der Waals surface area contributed by atoms with Crippen LogP contribution in [0, 0.1) is 13.8 Å². The van der Waals surface area contributed by atoms with Gasteiger partial charge in [-0.3, -0.25) is 4.79 Å². The van der Waals surface area contributed by atoms with Crippen LogP contribution < -0.4 is 18.9 Å². The number of carbonyl (C=O) groups excluding carboxylic acids is 1. The smallest absolute Gasteiger partial charge is 0.277 e. The fourth-order valence-corrected chi connectivity index (χ4v) is 4.67. The van der Waals surface area contributed by atoms with E-state index in [1.807, 2.05) is 42.7 Å². The predicted molar refractivity (Wildman–Crippen MR) is 129 cm³/mol. The van der Waals surface area contributed by atoms with E-state index in [2.05, 4.69) is 10.2 Å². The molecule has 1 aliphatic heterocycles. The van der Waals surface area contributed by atoms with Crippen molar-refractivity contribution in [2.24, 2.45) is 0 Å². The van der Waals surface area contributed by atoms with Gasteiger partial charge in [0.25, 0.3) is 5.22 Å². The molecule has 10 heteroatoms. The molecule has 3 heterocycles. The Morgan fingerprint density at radius 2 is 1.80 bits per heavy atom. The van der Waals surface area contributed by atoms with Gasteiger partial charge < -0.3 is 27.9 Å². The molecule has 2 aromatic heterocycles. The molecule has 0 atom stereocenters. The Hall–Kier alpha value is -3.92. The van der Waals surface area contributed by atoms with Crippen molar-refractivity contribution in [2.45, 2.75) is 19.1 Å². The van der Waals surface area contributed by atoms with E-state index >= 15 is 0 Å². The number of hydrogen-bond donors (Lipinski definition) is 0. The third-order valence-electron chi connectivity index (χ3n) is 5.71. The standard InChI is InChI=1S/C25H23N3O6S/c1-14-9-18(15(2)28(14)17-6-8-21-23(11-17)33-13-32-21)19(29)12-35-25-27-26-24(34-25)16-5-7-20(30-3)22(10-16)31-4/h5-11H,12-13H2,1-4H3. The van der Waals surface area contributed by atoms with E-state index in [9.17, 15) is 4.79 Å². The van der Waals surface area contributed by atoms with E-state index in [0.717, 1.165) is 22.8 Å². The second-order valence-corrected chi connectivity index (χ2v) is 8.74. The molecule has 35 heavy (non-hydrogen) atoms. The average molecular weight is 494 g/mol. The van der Waals surface area contributed by atoms with Crippen LogP contribution in [0.3, 0.4) is 0 Å². The van der Waals surface area contributed by atoms with Gasteiger partial charge in [-0.1, -0.05) is 11.8 Å². The second kappa shape index (κ2) is 9.38. The molecule has 9 nitrogen and oxygen atoms in total. The summed E-state index contributed by atoms with van der Waals surface area (Å²) in [5.74, 6) is 3.05. The number of ether oxygens (including phenoxy) is 4. The van der Waals surface area contributed by atoms with Crippen LogP contribution in [0.2, 0.25) is 0 Å². The van der Waals surface area contributed by atoms with Crippen molar-refractivity contribution in [2.75, 3.05) is 26.8 Å². The molecular weight excluding hydrogens is 470 g/mol. The van der Waals surface area contributed by atoms with Crippen LogP contribution in [0.1, 0.15) is 21.7 Å². The topological polar surface area (TPSA) is 97.8 Å². The largest absolute Gasteiger partial charge is 0.493 e. The first-order valence-electron chi connectivity index (χ1n) is 10.8. The lowest BCUT2D eigenvalue weighted by Gasteiger charge is -2.10. The molecule has 0 radical (unpaired) electrons. The molecule has 0 unspecified atom stereocenters. The first-order chi connectivity index (χ1) is 17.0. The second-order valence-electron chi connectivity index (χ2n) is 7.81. The third kappa shape index (κ3) is 4.32. The molecule has 0 saturated heterocycles. The highest BCUT2D eigenvalue weighted by molar-refractivity contribution is 7.99. The molecule has 0 fully saturated rings. The molecule has 0 N–H and O–H groups in total. The third-order valence-corrected chi connectivity index (χ3v) is 6.53. The molecule has 0 bridgehead atoms. The molecule has 4 aromatic rings. The number of carbonyl (C=O) groups is 1. The van der Waals surface area contributed by atoms with E-state index in [0.29, 0.717) is 39.5 Å². The van der Waals surface area contributed by atoms with E-state index in [-0.39, 0.29) is 18.3 Å². The van der Waals surface area contributed by atoms with Crippen LogP contribution in [0.15, 0.2) is 52.1 Å². The van der Waals surface area contributed by atoms with E-state index in [1.165, 1.54) is 11.8 Å². The number of hydrogen-bond acceptors (Lipinski definition) is 9. The highest BCUT2D eigenvalue weighted by Gasteiger charge is 2.21. The zero-order chi connectivity index (χ0) is 24.5. The van der Waals surface area contributed by atoms with Gasteiger partial charge in [0.05, 0.1) is 20.0 Å². The van der Waals surface area contributed by atoms with Crippen molar-refractivity contribution in [3.63, 3.8) is 0 Å². The zero-order valence-electron chi connectivity index (χ0n) is 19.7. The van der Waals surface area contributed by atoms with Gasteiger partial charge in [-0.2, -0.15) is 0 Å². The molecule has 0 spiro atoms. The van der Waals surface area contributed by atoms with E-state index < -0.39 is 0 Å². The quantitative estimate of drug-likeness (QED) is 0.252. The first-order valence-corrected chi connectivity index (χ1v) is 11.8. The summed E-state index contributed by atoms with van der Waals surface area (Å²) in [7, 11) is 3.13. The molecule has 1 aliphatic rings. The molecular formula is C25H23N3O6S. The van der Waals surface area contributed by atoms with E-state index in [4.69, 9.17) is 23.4 Å². The van der Waals surface area contributed by atoms with Gasteiger partial charge in [-0.15, -0.1) is 10.2 Å². The minimum Gasteiger partial charge on any atom is -0.493 e. The predicted octanol–water partition coefficient (Wildman–Crippen LogP) is 4.87. The monoisotopic (exact) mass is 493 g/mol. The minimum absolute atomic E-state index is 0.0269. The van der Waals surface area contributed by atoms with Crippen molar-refractivity contribution in [3.05, 3.63) is 59.4 Å². The number of aromatic nitrogens is 3. The zero-order valence-corrected chi connectivity index (χ0v) is 20.5. The van der Waals surface area contributed by atoms with Crippen molar-refractivity contribution in [1.29, 1.82) is 0 Å². The lowest BCUT2D eigenvalue weighted by Crippen LogP contribution is -2.05. The first kappa shape index (κ1) is 22.9. The number of methoxy groups -OCH3 is 2. The SMILES string of the molecule is COc1ccc(-c2nnc(SCC(=O)c3cc(C)n(-c4ccc5c(c4)OCO5)c3C)o2)cc1OC. The van der Waals surface area contributed by atoms with Gasteiger partial charge in [-0.25, -0.2) is 0 Å². The summed E-state index contributed by atoms with van der Waals surface area (Å²) in [5.41, 5.74) is 4.05. The summed E-state index contributed by atoms with van der Waals surface area (Å²) in [6, 6.07) is 13.0. The van der Waals surface area contributed by atoms with Gasteiger partial charge in [0.15, 0.2) is 28.8 Å². The fraction of sp³-hybridized carbons (Fsp3) is 0.240. The van der Waals surface area contributed by atoms with Gasteiger partial charge in [0, 0.05) is 34.3 Å². The Balaban J connectivity index is 1.30. The Morgan fingerprint density at radius 3 is 2.60 bits per heavy atom. The van der Waals surface area contributed by atoms with Crippen LogP contribution in [0.4, 0.5) is 0 Å². The summed E-state index contributed by atoms with van der Waals surface area (Å²) in [4.78, 5) is 13.1. The van der Waals surface area contributed by atoms with E-state index in [1.54, 1.807) is 32.4 Å². The van der Waals surface area contributed by atoms with Crippen molar-refractivity contribution < 1.29 is 28.2 Å². The maximum absolute atomic E-state index is 13.1. The highest BCUT2D eigenvalue weighted by atomic mass is 32.2. The summed E-state index contributed by atoms with van der Waals surface area (Å²) in [6.07, 6.45) is 0. The van der Waals surface area contributed by atoms with Crippen molar-refractivity contribution in [3.8, 4) is 40.1 Å². The molecule has 2 aromatic carbocycles. The molecule has 5 rings (SSSR count). The number of aryl methyl sites for hydroxylation is 1. The van der Waals surface area contributed by atoms with Crippen LogP contribution in [-0.4, -0.2) is 47.3 Å². The maximum Gasteiger partial charge on any atom is 0.277 e. The average Bonchev–Trinajstić information content (AvgIpc) is 3.60. The Morgan fingerprint density at radius 1 is 1.00 bits per heavy atom. The summed E-state index contributed by atoms with van der Waals surface area (Å²) < 4.78 is 29.3. The van der Waals surface area contributed by atoms with Gasteiger partial charge >= 0.3 is 0 Å². The van der Waals surface area contributed by atoms with Crippen molar-refractivity contribution >= 4 is 17.5 Å².